The Bertz CT molecular complexity index is 2000. The molecule has 1 heterocycles. The van der Waals surface area contributed by atoms with Crippen LogP contribution in [0.5, 0.6) is 0 Å². The highest BCUT2D eigenvalue weighted by molar-refractivity contribution is 6.31. The van der Waals surface area contributed by atoms with Gasteiger partial charge in [0.15, 0.2) is 5.43 Å². The third kappa shape index (κ3) is 6.16. The molecule has 3 aromatic carbocycles. The maximum Gasteiger partial charge on any atom is 0.355 e. The van der Waals surface area contributed by atoms with Crippen molar-refractivity contribution in [2.24, 2.45) is 23.2 Å². The van der Waals surface area contributed by atoms with E-state index in [1.807, 2.05) is 63.2 Å². The van der Waals surface area contributed by atoms with E-state index in [4.69, 9.17) is 16.3 Å². The molecule has 0 saturated heterocycles. The number of carbonyl (C=O) groups excluding carboxylic acids is 3. The number of esters is 1. The molecule has 5 atom stereocenters. The molecule has 4 fully saturated rings. The lowest BCUT2D eigenvalue weighted by atomic mass is 9.51. The molecule has 254 valence electrons. The van der Waals surface area contributed by atoms with Crippen LogP contribution in [0, 0.1) is 23.2 Å². The zero-order valence-corrected chi connectivity index (χ0v) is 29.1. The normalized spacial score (nSPS) is 24.1. The first-order chi connectivity index (χ1) is 23.4. The van der Waals surface area contributed by atoms with Crippen LogP contribution >= 0.6 is 11.6 Å². The minimum absolute atomic E-state index is 0.0774. The Morgan fingerprint density at radius 3 is 2.24 bits per heavy atom. The van der Waals surface area contributed by atoms with Crippen molar-refractivity contribution in [1.82, 2.24) is 15.2 Å². The highest BCUT2D eigenvalue weighted by atomic mass is 35.5. The molecule has 0 spiro atoms. The number of halogens is 1. The third-order valence-corrected chi connectivity index (χ3v) is 11.1. The lowest BCUT2D eigenvalue weighted by Gasteiger charge is -2.60. The molecule has 0 aliphatic heterocycles. The van der Waals surface area contributed by atoms with Gasteiger partial charge in [-0.25, -0.2) is 4.79 Å². The molecule has 8 nitrogen and oxygen atoms in total. The summed E-state index contributed by atoms with van der Waals surface area (Å²) in [4.78, 5) is 53.9. The molecule has 2 N–H and O–H groups in total. The maximum absolute atomic E-state index is 14.0. The lowest BCUT2D eigenvalue weighted by Crippen LogP contribution is -2.67. The smallest absolute Gasteiger partial charge is 0.355 e. The van der Waals surface area contributed by atoms with Crippen LogP contribution in [0.25, 0.3) is 16.6 Å². The SMILES string of the molecule is COC(=O)c1c(Cc2ccc(C(=O)N[C@@H]3[C@@H]4C[C@@H]5C[C@H]3C[C@](NC(=O)C(C)(C)C)(C5)C4)cc2)c(=O)c2ccc(Cl)cc2n1-c1ccccc1. The van der Waals surface area contributed by atoms with Crippen LogP contribution in [0.4, 0.5) is 0 Å². The van der Waals surface area contributed by atoms with Gasteiger partial charge in [0.1, 0.15) is 5.69 Å². The Hall–Kier alpha value is -4.43. The quantitative estimate of drug-likeness (QED) is 0.208. The highest BCUT2D eigenvalue weighted by Gasteiger charge is 2.56. The molecule has 4 saturated carbocycles. The summed E-state index contributed by atoms with van der Waals surface area (Å²) < 4.78 is 6.94. The Balaban J connectivity index is 1.14. The van der Waals surface area contributed by atoms with E-state index >= 15 is 0 Å². The molecular formula is C40H42ClN3O5. The van der Waals surface area contributed by atoms with Crippen LogP contribution in [-0.4, -0.2) is 41.0 Å². The molecular weight excluding hydrogens is 638 g/mol. The van der Waals surface area contributed by atoms with Crippen LogP contribution in [0.3, 0.4) is 0 Å². The zero-order valence-electron chi connectivity index (χ0n) is 28.3. The Morgan fingerprint density at radius 1 is 0.939 bits per heavy atom. The number of fused-ring (bicyclic) bond motifs is 1. The number of pyridine rings is 1. The van der Waals surface area contributed by atoms with E-state index < -0.39 is 11.4 Å². The molecule has 49 heavy (non-hydrogen) atoms. The number of amides is 2. The van der Waals surface area contributed by atoms with E-state index in [-0.39, 0.29) is 40.9 Å². The van der Waals surface area contributed by atoms with Crippen LogP contribution in [0.1, 0.15) is 84.8 Å². The van der Waals surface area contributed by atoms with Crippen LogP contribution in [0.2, 0.25) is 5.02 Å². The van der Waals surface area contributed by atoms with Gasteiger partial charge in [-0.2, -0.15) is 0 Å². The van der Waals surface area contributed by atoms with E-state index in [1.54, 1.807) is 34.9 Å². The second kappa shape index (κ2) is 12.5. The topological polar surface area (TPSA) is 106 Å². The second-order valence-corrected chi connectivity index (χ2v) is 15.7. The van der Waals surface area contributed by atoms with Crippen molar-refractivity contribution in [2.45, 2.75) is 70.9 Å². The molecule has 0 radical (unpaired) electrons. The summed E-state index contributed by atoms with van der Waals surface area (Å²) in [5.41, 5.74) is 2.06. The van der Waals surface area contributed by atoms with Gasteiger partial charge < -0.3 is 19.9 Å². The predicted molar refractivity (Wildman–Crippen MR) is 190 cm³/mol. The second-order valence-electron chi connectivity index (χ2n) is 15.3. The number of methoxy groups -OCH3 is 1. The van der Waals surface area contributed by atoms with E-state index in [1.165, 1.54) is 7.11 Å². The van der Waals surface area contributed by atoms with Gasteiger partial charge in [-0.3, -0.25) is 14.4 Å². The van der Waals surface area contributed by atoms with Crippen LogP contribution in [0.15, 0.2) is 77.6 Å². The summed E-state index contributed by atoms with van der Waals surface area (Å²) >= 11 is 6.36. The van der Waals surface area contributed by atoms with Crippen molar-refractivity contribution in [3.05, 3.63) is 110 Å². The number of benzene rings is 3. The van der Waals surface area contributed by atoms with Gasteiger partial charge in [-0.15, -0.1) is 0 Å². The summed E-state index contributed by atoms with van der Waals surface area (Å²) in [6.45, 7) is 5.86. The van der Waals surface area contributed by atoms with Crippen molar-refractivity contribution in [2.75, 3.05) is 7.11 Å². The number of rotatable bonds is 7. The molecule has 8 rings (SSSR count). The average molecular weight is 680 g/mol. The van der Waals surface area contributed by atoms with Gasteiger partial charge in [-0.1, -0.05) is 62.7 Å². The summed E-state index contributed by atoms with van der Waals surface area (Å²) in [7, 11) is 1.30. The number of para-hydroxylation sites is 1. The summed E-state index contributed by atoms with van der Waals surface area (Å²) in [5, 5.41) is 7.66. The number of ether oxygens (including phenoxy) is 1. The van der Waals surface area contributed by atoms with Gasteiger partial charge in [-0.05, 0) is 97.9 Å². The number of nitrogens with one attached hydrogen (secondary N) is 2. The fourth-order valence-corrected chi connectivity index (χ4v) is 8.95. The van der Waals surface area contributed by atoms with Gasteiger partial charge >= 0.3 is 5.97 Å². The van der Waals surface area contributed by atoms with Gasteiger partial charge in [0.25, 0.3) is 5.91 Å². The van der Waals surface area contributed by atoms with Crippen molar-refractivity contribution < 1.29 is 19.1 Å². The highest BCUT2D eigenvalue weighted by Crippen LogP contribution is 2.56. The van der Waals surface area contributed by atoms with E-state index in [0.717, 1.165) is 37.7 Å². The monoisotopic (exact) mass is 679 g/mol. The van der Waals surface area contributed by atoms with Crippen LogP contribution < -0.4 is 16.1 Å². The number of aromatic nitrogens is 1. The number of hydrogen-bond acceptors (Lipinski definition) is 5. The Morgan fingerprint density at radius 2 is 1.61 bits per heavy atom. The number of nitrogens with zero attached hydrogens (tertiary/aromatic N) is 1. The molecule has 9 heteroatoms. The number of carbonyl (C=O) groups is 3. The molecule has 2 amide bonds. The Labute approximate surface area is 291 Å². The van der Waals surface area contributed by atoms with E-state index in [2.05, 4.69) is 10.6 Å². The standard InChI is InChI=1S/C40H42ClN3O5/c1-39(2,3)38(48)43-40-20-24-16-26(21-40)33(27(17-24)22-40)42-36(46)25-12-10-23(11-13-25)18-31-34(37(47)49-4)44(29-8-6-5-7-9-29)32-19-28(41)14-15-30(32)35(31)45/h5-15,19,24,26-27,33H,16-18,20-22H2,1-4H3,(H,42,46)(H,43,48)/t24-,26-,27+,33-,40+. The number of hydrogen-bond donors (Lipinski definition) is 2. The van der Waals surface area contributed by atoms with Gasteiger partial charge in [0, 0.05) is 50.6 Å². The molecule has 4 aliphatic carbocycles. The fraction of sp³-hybridized carbons (Fsp3) is 0.400. The summed E-state index contributed by atoms with van der Waals surface area (Å²) in [5.74, 6) is 0.590. The minimum Gasteiger partial charge on any atom is -0.464 e. The largest absolute Gasteiger partial charge is 0.464 e. The van der Waals surface area contributed by atoms with E-state index in [9.17, 15) is 19.2 Å². The summed E-state index contributed by atoms with van der Waals surface area (Å²) in [6.07, 6.45) is 5.14. The first-order valence-electron chi connectivity index (χ1n) is 17.1. The van der Waals surface area contributed by atoms with Crippen molar-refractivity contribution in [3.63, 3.8) is 0 Å². The molecule has 0 unspecified atom stereocenters. The summed E-state index contributed by atoms with van der Waals surface area (Å²) in [6, 6.07) is 21.7. The zero-order chi connectivity index (χ0) is 34.7. The van der Waals surface area contributed by atoms with Crippen molar-refractivity contribution in [1.29, 1.82) is 0 Å². The maximum atomic E-state index is 14.0. The first-order valence-corrected chi connectivity index (χ1v) is 17.5. The fourth-order valence-electron chi connectivity index (χ4n) is 8.78. The molecule has 4 bridgehead atoms. The van der Waals surface area contributed by atoms with E-state index in [0.29, 0.717) is 50.5 Å². The Kier molecular flexibility index (Phi) is 8.42. The van der Waals surface area contributed by atoms with Gasteiger partial charge in [0.05, 0.1) is 12.6 Å². The first kappa shape index (κ1) is 33.1. The third-order valence-electron chi connectivity index (χ3n) is 10.8. The molecule has 1 aromatic heterocycles. The predicted octanol–water partition coefficient (Wildman–Crippen LogP) is 6.86. The van der Waals surface area contributed by atoms with Gasteiger partial charge in [0.2, 0.25) is 5.91 Å². The van der Waals surface area contributed by atoms with Crippen molar-refractivity contribution in [3.8, 4) is 5.69 Å². The average Bonchev–Trinajstić information content (AvgIpc) is 3.06. The van der Waals surface area contributed by atoms with Crippen molar-refractivity contribution >= 4 is 40.3 Å². The molecule has 4 aromatic rings. The molecule has 4 aliphatic rings. The minimum atomic E-state index is -0.635. The van der Waals surface area contributed by atoms with Crippen LogP contribution in [-0.2, 0) is 16.0 Å². The lowest BCUT2D eigenvalue weighted by molar-refractivity contribution is -0.135.